The minimum Gasteiger partial charge on any atom is -0.492 e. The molecule has 0 aliphatic rings. The van der Waals surface area contributed by atoms with Crippen molar-refractivity contribution >= 4 is 23.2 Å². The van der Waals surface area contributed by atoms with E-state index in [0.29, 0.717) is 28.9 Å². The predicted molar refractivity (Wildman–Crippen MR) is 58.8 cm³/mol. The van der Waals surface area contributed by atoms with E-state index < -0.39 is 0 Å². The van der Waals surface area contributed by atoms with Crippen molar-refractivity contribution in [2.45, 2.75) is 6.42 Å². The summed E-state index contributed by atoms with van der Waals surface area (Å²) in [6.07, 6.45) is 0.819. The lowest BCUT2D eigenvalue weighted by molar-refractivity contribution is 0.309. The van der Waals surface area contributed by atoms with E-state index in [9.17, 15) is 0 Å². The fourth-order valence-electron chi connectivity index (χ4n) is 0.944. The summed E-state index contributed by atoms with van der Waals surface area (Å²) >= 11 is 11.7. The predicted octanol–water partition coefficient (Wildman–Crippen LogP) is 2.23. The van der Waals surface area contributed by atoms with Gasteiger partial charge in [-0.2, -0.15) is 0 Å². The Morgan fingerprint density at radius 3 is 2.86 bits per heavy atom. The molecule has 0 heterocycles. The molecule has 0 saturated carbocycles. The number of nitrogens with two attached hydrogens (primary N) is 1. The minimum atomic E-state index is 0.560. The Balaban J connectivity index is 2.45. The second kappa shape index (κ2) is 6.09. The smallest absolute Gasteiger partial charge is 0.139 e. The van der Waals surface area contributed by atoms with Gasteiger partial charge in [0.1, 0.15) is 5.75 Å². The van der Waals surface area contributed by atoms with Crippen LogP contribution in [0.15, 0.2) is 18.2 Å². The Bertz CT molecular complexity index is 294. The van der Waals surface area contributed by atoms with E-state index in [4.69, 9.17) is 33.8 Å². The fourth-order valence-corrected chi connectivity index (χ4v) is 1.28. The normalized spacial score (nSPS) is 10.2. The Morgan fingerprint density at radius 2 is 2.14 bits per heavy atom. The summed E-state index contributed by atoms with van der Waals surface area (Å²) in [5.74, 6) is 5.72. The van der Waals surface area contributed by atoms with E-state index in [1.165, 1.54) is 0 Å². The molecule has 0 radical (unpaired) electrons. The van der Waals surface area contributed by atoms with Crippen LogP contribution in [-0.4, -0.2) is 13.2 Å². The summed E-state index contributed by atoms with van der Waals surface area (Å²) in [6.45, 7) is 1.27. The number of halogens is 2. The molecule has 0 aliphatic carbocycles. The standard InChI is InChI=1S/C9H12Cl2N2O/c10-7-2-3-8(11)9(6-7)14-5-1-4-13-12/h2-3,6,13H,1,4-5,12H2. The topological polar surface area (TPSA) is 47.3 Å². The molecule has 78 valence electrons. The van der Waals surface area contributed by atoms with E-state index in [-0.39, 0.29) is 0 Å². The van der Waals surface area contributed by atoms with Gasteiger partial charge in [-0.1, -0.05) is 23.2 Å². The molecule has 0 bridgehead atoms. The molecule has 5 heteroatoms. The van der Waals surface area contributed by atoms with Gasteiger partial charge < -0.3 is 4.74 Å². The molecule has 0 aliphatic heterocycles. The molecule has 0 atom stereocenters. The number of rotatable bonds is 5. The van der Waals surface area contributed by atoms with Crippen LogP contribution in [0.2, 0.25) is 10.0 Å². The number of hydrazine groups is 1. The summed E-state index contributed by atoms with van der Waals surface area (Å²) < 4.78 is 5.41. The van der Waals surface area contributed by atoms with E-state index in [2.05, 4.69) is 5.43 Å². The van der Waals surface area contributed by atoms with Gasteiger partial charge in [0.05, 0.1) is 11.6 Å². The molecule has 3 N–H and O–H groups in total. The molecule has 0 aromatic heterocycles. The average molecular weight is 235 g/mol. The van der Waals surface area contributed by atoms with Crippen LogP contribution in [0.3, 0.4) is 0 Å². The number of nitrogens with one attached hydrogen (secondary N) is 1. The van der Waals surface area contributed by atoms with Gasteiger partial charge in [0.15, 0.2) is 0 Å². The zero-order chi connectivity index (χ0) is 10.4. The van der Waals surface area contributed by atoms with Gasteiger partial charge in [-0.25, -0.2) is 0 Å². The Hall–Kier alpha value is -0.480. The fraction of sp³-hybridized carbons (Fsp3) is 0.333. The van der Waals surface area contributed by atoms with Crippen LogP contribution in [0.4, 0.5) is 0 Å². The second-order valence-corrected chi connectivity index (χ2v) is 3.57. The van der Waals surface area contributed by atoms with Crippen molar-refractivity contribution in [1.82, 2.24) is 5.43 Å². The lowest BCUT2D eigenvalue weighted by Crippen LogP contribution is -2.24. The number of hydrogen-bond donors (Lipinski definition) is 2. The largest absolute Gasteiger partial charge is 0.492 e. The van der Waals surface area contributed by atoms with Crippen LogP contribution < -0.4 is 16.0 Å². The van der Waals surface area contributed by atoms with Crippen LogP contribution in [0.5, 0.6) is 5.75 Å². The third-order valence-corrected chi connectivity index (χ3v) is 2.16. The lowest BCUT2D eigenvalue weighted by atomic mass is 10.3. The monoisotopic (exact) mass is 234 g/mol. The highest BCUT2D eigenvalue weighted by Gasteiger charge is 2.01. The van der Waals surface area contributed by atoms with Gasteiger partial charge in [-0.05, 0) is 18.6 Å². The van der Waals surface area contributed by atoms with Crippen LogP contribution in [-0.2, 0) is 0 Å². The van der Waals surface area contributed by atoms with Gasteiger partial charge in [0.25, 0.3) is 0 Å². The first-order chi connectivity index (χ1) is 6.74. The first kappa shape index (κ1) is 11.6. The Morgan fingerprint density at radius 1 is 1.36 bits per heavy atom. The van der Waals surface area contributed by atoms with Gasteiger partial charge in [0.2, 0.25) is 0 Å². The van der Waals surface area contributed by atoms with E-state index >= 15 is 0 Å². The van der Waals surface area contributed by atoms with Crippen molar-refractivity contribution in [3.63, 3.8) is 0 Å². The van der Waals surface area contributed by atoms with Crippen molar-refractivity contribution in [3.05, 3.63) is 28.2 Å². The molecule has 3 nitrogen and oxygen atoms in total. The van der Waals surface area contributed by atoms with Crippen molar-refractivity contribution in [2.75, 3.05) is 13.2 Å². The number of hydrogen-bond acceptors (Lipinski definition) is 3. The van der Waals surface area contributed by atoms with Crippen LogP contribution in [0.1, 0.15) is 6.42 Å². The zero-order valence-electron chi connectivity index (χ0n) is 7.59. The Labute approximate surface area is 93.1 Å². The molecule has 1 rings (SSSR count). The van der Waals surface area contributed by atoms with E-state index in [0.717, 1.165) is 6.42 Å². The summed E-state index contributed by atoms with van der Waals surface area (Å²) in [5.41, 5.74) is 2.54. The highest BCUT2D eigenvalue weighted by Crippen LogP contribution is 2.27. The maximum Gasteiger partial charge on any atom is 0.139 e. The second-order valence-electron chi connectivity index (χ2n) is 2.73. The third-order valence-electron chi connectivity index (χ3n) is 1.62. The molecule has 0 spiro atoms. The first-order valence-corrected chi connectivity index (χ1v) is 5.01. The summed E-state index contributed by atoms with van der Waals surface area (Å²) in [7, 11) is 0. The van der Waals surface area contributed by atoms with E-state index in [1.54, 1.807) is 18.2 Å². The molecule has 0 unspecified atom stereocenters. The van der Waals surface area contributed by atoms with Gasteiger partial charge in [-0.3, -0.25) is 11.3 Å². The summed E-state index contributed by atoms with van der Waals surface area (Å²) in [6, 6.07) is 5.12. The maximum absolute atomic E-state index is 5.89. The number of ether oxygens (including phenoxy) is 1. The molecule has 14 heavy (non-hydrogen) atoms. The van der Waals surface area contributed by atoms with Crippen molar-refractivity contribution in [3.8, 4) is 5.75 Å². The van der Waals surface area contributed by atoms with Crippen LogP contribution >= 0.6 is 23.2 Å². The highest BCUT2D eigenvalue weighted by atomic mass is 35.5. The molecular formula is C9H12Cl2N2O. The van der Waals surface area contributed by atoms with Crippen LogP contribution in [0.25, 0.3) is 0 Å². The lowest BCUT2D eigenvalue weighted by Gasteiger charge is -2.07. The molecule has 0 amide bonds. The van der Waals surface area contributed by atoms with Crippen molar-refractivity contribution in [2.24, 2.45) is 5.84 Å². The molecule has 1 aromatic rings. The minimum absolute atomic E-state index is 0.560. The van der Waals surface area contributed by atoms with Gasteiger partial charge in [-0.15, -0.1) is 0 Å². The van der Waals surface area contributed by atoms with E-state index in [1.807, 2.05) is 0 Å². The molecule has 0 saturated heterocycles. The summed E-state index contributed by atoms with van der Waals surface area (Å²) in [5, 5.41) is 1.18. The van der Waals surface area contributed by atoms with Gasteiger partial charge in [0, 0.05) is 17.6 Å². The van der Waals surface area contributed by atoms with Crippen LogP contribution in [0, 0.1) is 0 Å². The zero-order valence-corrected chi connectivity index (χ0v) is 9.11. The average Bonchev–Trinajstić information content (AvgIpc) is 2.18. The quantitative estimate of drug-likeness (QED) is 0.467. The van der Waals surface area contributed by atoms with Crippen molar-refractivity contribution < 1.29 is 4.74 Å². The highest BCUT2D eigenvalue weighted by molar-refractivity contribution is 6.34. The molecule has 1 aromatic carbocycles. The van der Waals surface area contributed by atoms with Gasteiger partial charge >= 0.3 is 0 Å². The number of benzene rings is 1. The Kier molecular flexibility index (Phi) is 5.04. The molecular weight excluding hydrogens is 223 g/mol. The first-order valence-electron chi connectivity index (χ1n) is 4.25. The maximum atomic E-state index is 5.89. The SMILES string of the molecule is NNCCCOc1cc(Cl)ccc1Cl. The third kappa shape index (κ3) is 3.72. The van der Waals surface area contributed by atoms with Crippen molar-refractivity contribution in [1.29, 1.82) is 0 Å². The summed E-state index contributed by atoms with van der Waals surface area (Å²) in [4.78, 5) is 0. The molecule has 0 fully saturated rings.